The van der Waals surface area contributed by atoms with Crippen LogP contribution in [0.5, 0.6) is 5.75 Å². The van der Waals surface area contributed by atoms with Crippen LogP contribution < -0.4 is 4.74 Å². The summed E-state index contributed by atoms with van der Waals surface area (Å²) in [5.74, 6) is 0.455. The van der Waals surface area contributed by atoms with Gasteiger partial charge in [0.15, 0.2) is 5.75 Å². The lowest BCUT2D eigenvalue weighted by Crippen LogP contribution is -1.97. The summed E-state index contributed by atoms with van der Waals surface area (Å²) in [5, 5.41) is 1.54. The SMILES string of the molecule is Cc1ccc(N=Cc2cc(Cl)c(OCc3ccc(Br)cc3)c(Cl)c2)cc1Cl. The Bertz CT molecular complexity index is 964. The molecule has 138 valence electrons. The quantitative estimate of drug-likeness (QED) is 0.337. The molecule has 0 bridgehead atoms. The van der Waals surface area contributed by atoms with Gasteiger partial charge in [-0.25, -0.2) is 0 Å². The van der Waals surface area contributed by atoms with Crippen LogP contribution in [0.4, 0.5) is 5.69 Å². The van der Waals surface area contributed by atoms with E-state index in [4.69, 9.17) is 39.5 Å². The average Bonchev–Trinajstić information content (AvgIpc) is 2.63. The number of benzene rings is 3. The summed E-state index contributed by atoms with van der Waals surface area (Å²) in [7, 11) is 0. The molecule has 0 radical (unpaired) electrons. The van der Waals surface area contributed by atoms with E-state index in [2.05, 4.69) is 20.9 Å². The monoisotopic (exact) mass is 481 g/mol. The highest BCUT2D eigenvalue weighted by molar-refractivity contribution is 9.10. The Labute approximate surface area is 181 Å². The second-order valence-electron chi connectivity index (χ2n) is 5.92. The average molecular weight is 484 g/mol. The molecular formula is C21H15BrCl3NO. The number of nitrogens with zero attached hydrogens (tertiary/aromatic N) is 1. The zero-order chi connectivity index (χ0) is 19.4. The fourth-order valence-corrected chi connectivity index (χ4v) is 3.39. The molecule has 0 aliphatic rings. The number of rotatable bonds is 5. The molecule has 0 spiro atoms. The Morgan fingerprint density at radius 3 is 2.22 bits per heavy atom. The van der Waals surface area contributed by atoms with Gasteiger partial charge in [0.05, 0.1) is 15.7 Å². The van der Waals surface area contributed by atoms with Crippen molar-refractivity contribution in [1.29, 1.82) is 0 Å². The van der Waals surface area contributed by atoms with Gasteiger partial charge < -0.3 is 4.74 Å². The largest absolute Gasteiger partial charge is 0.486 e. The Kier molecular flexibility index (Phi) is 6.83. The van der Waals surface area contributed by atoms with Gasteiger partial charge >= 0.3 is 0 Å². The molecule has 6 heteroatoms. The van der Waals surface area contributed by atoms with E-state index in [9.17, 15) is 0 Å². The molecule has 0 aromatic heterocycles. The van der Waals surface area contributed by atoms with Crippen LogP contribution in [0.15, 0.2) is 64.1 Å². The smallest absolute Gasteiger partial charge is 0.157 e. The van der Waals surface area contributed by atoms with Gasteiger partial charge in [0.2, 0.25) is 0 Å². The number of aliphatic imine (C=N–C) groups is 1. The standard InChI is InChI=1S/C21H15BrCl3NO/c1-13-2-7-17(10-18(13)23)26-11-15-8-19(24)21(20(25)9-15)27-12-14-3-5-16(22)6-4-14/h2-11H,12H2,1H3. The van der Waals surface area contributed by atoms with Crippen molar-refractivity contribution in [3.05, 3.63) is 90.8 Å². The molecule has 0 fully saturated rings. The van der Waals surface area contributed by atoms with E-state index in [0.29, 0.717) is 27.4 Å². The van der Waals surface area contributed by atoms with Crippen molar-refractivity contribution < 1.29 is 4.74 Å². The molecule has 0 unspecified atom stereocenters. The van der Waals surface area contributed by atoms with Crippen molar-refractivity contribution in [2.24, 2.45) is 4.99 Å². The van der Waals surface area contributed by atoms with Gasteiger partial charge in [0.1, 0.15) is 6.61 Å². The van der Waals surface area contributed by atoms with E-state index in [0.717, 1.165) is 26.9 Å². The minimum absolute atomic E-state index is 0.377. The number of ether oxygens (including phenoxy) is 1. The summed E-state index contributed by atoms with van der Waals surface area (Å²) in [6.07, 6.45) is 1.69. The lowest BCUT2D eigenvalue weighted by atomic mass is 10.2. The van der Waals surface area contributed by atoms with Crippen molar-refractivity contribution in [2.45, 2.75) is 13.5 Å². The molecule has 3 aromatic carbocycles. The highest BCUT2D eigenvalue weighted by Crippen LogP contribution is 2.34. The maximum absolute atomic E-state index is 6.35. The summed E-state index contributed by atoms with van der Waals surface area (Å²) >= 11 is 22.2. The van der Waals surface area contributed by atoms with Crippen LogP contribution in [0.2, 0.25) is 15.1 Å². The molecule has 0 saturated heterocycles. The van der Waals surface area contributed by atoms with Crippen molar-refractivity contribution in [3.63, 3.8) is 0 Å². The molecule has 2 nitrogen and oxygen atoms in total. The maximum atomic E-state index is 6.35. The molecule has 27 heavy (non-hydrogen) atoms. The highest BCUT2D eigenvalue weighted by Gasteiger charge is 2.10. The zero-order valence-corrected chi connectivity index (χ0v) is 18.2. The van der Waals surface area contributed by atoms with Gasteiger partial charge in [-0.1, -0.05) is 68.9 Å². The van der Waals surface area contributed by atoms with Gasteiger partial charge in [0, 0.05) is 15.7 Å². The topological polar surface area (TPSA) is 21.6 Å². The van der Waals surface area contributed by atoms with Gasteiger partial charge in [-0.05, 0) is 60.0 Å². The molecular weight excluding hydrogens is 469 g/mol. The molecule has 0 heterocycles. The number of hydrogen-bond donors (Lipinski definition) is 0. The minimum atomic E-state index is 0.377. The summed E-state index contributed by atoms with van der Waals surface area (Å²) in [5.41, 5.74) is 3.56. The third kappa shape index (κ3) is 5.49. The lowest BCUT2D eigenvalue weighted by molar-refractivity contribution is 0.306. The summed E-state index contributed by atoms with van der Waals surface area (Å²) < 4.78 is 6.81. The maximum Gasteiger partial charge on any atom is 0.157 e. The van der Waals surface area contributed by atoms with Crippen LogP contribution in [0.3, 0.4) is 0 Å². The van der Waals surface area contributed by atoms with E-state index in [1.807, 2.05) is 49.4 Å². The third-order valence-corrected chi connectivity index (χ3v) is 5.33. The second-order valence-corrected chi connectivity index (χ2v) is 8.06. The van der Waals surface area contributed by atoms with Crippen LogP contribution in [0.1, 0.15) is 16.7 Å². The van der Waals surface area contributed by atoms with E-state index < -0.39 is 0 Å². The number of halogens is 4. The van der Waals surface area contributed by atoms with Crippen molar-refractivity contribution in [2.75, 3.05) is 0 Å². The predicted molar refractivity (Wildman–Crippen MR) is 118 cm³/mol. The molecule has 3 aromatic rings. The van der Waals surface area contributed by atoms with Crippen LogP contribution >= 0.6 is 50.7 Å². The zero-order valence-electron chi connectivity index (χ0n) is 14.3. The van der Waals surface area contributed by atoms with Crippen molar-refractivity contribution in [1.82, 2.24) is 0 Å². The van der Waals surface area contributed by atoms with E-state index in [1.165, 1.54) is 0 Å². The lowest BCUT2D eigenvalue weighted by Gasteiger charge is -2.11. The Morgan fingerprint density at radius 2 is 1.59 bits per heavy atom. The first-order valence-corrected chi connectivity index (χ1v) is 10.0. The summed E-state index contributed by atoms with van der Waals surface area (Å²) in [6, 6.07) is 17.0. The first kappa shape index (κ1) is 20.2. The molecule has 0 aliphatic carbocycles. The summed E-state index contributed by atoms with van der Waals surface area (Å²) in [6.45, 7) is 2.32. The van der Waals surface area contributed by atoms with Gasteiger partial charge in [0.25, 0.3) is 0 Å². The number of hydrogen-bond acceptors (Lipinski definition) is 2. The molecule has 0 saturated carbocycles. The van der Waals surface area contributed by atoms with Crippen LogP contribution in [0.25, 0.3) is 0 Å². The van der Waals surface area contributed by atoms with Gasteiger partial charge in [-0.3, -0.25) is 4.99 Å². The molecule has 0 atom stereocenters. The Hall–Kier alpha value is -1.52. The predicted octanol–water partition coefficient (Wildman–Crippen LogP) is 8.05. The number of aryl methyl sites for hydroxylation is 1. The summed E-state index contributed by atoms with van der Waals surface area (Å²) in [4.78, 5) is 4.42. The van der Waals surface area contributed by atoms with Gasteiger partial charge in [-0.2, -0.15) is 0 Å². The van der Waals surface area contributed by atoms with Crippen molar-refractivity contribution in [3.8, 4) is 5.75 Å². The fourth-order valence-electron chi connectivity index (χ4n) is 2.34. The molecule has 0 aliphatic heterocycles. The third-order valence-electron chi connectivity index (χ3n) is 3.84. The first-order valence-electron chi connectivity index (χ1n) is 8.09. The minimum Gasteiger partial charge on any atom is -0.486 e. The van der Waals surface area contributed by atoms with Crippen LogP contribution in [0, 0.1) is 6.92 Å². The van der Waals surface area contributed by atoms with Crippen molar-refractivity contribution >= 4 is 62.6 Å². The first-order chi connectivity index (χ1) is 12.9. The second kappa shape index (κ2) is 9.11. The van der Waals surface area contributed by atoms with Crippen LogP contribution in [-0.2, 0) is 6.61 Å². The Balaban J connectivity index is 1.74. The van der Waals surface area contributed by atoms with Crippen LogP contribution in [-0.4, -0.2) is 6.21 Å². The fraction of sp³-hybridized carbons (Fsp3) is 0.0952. The van der Waals surface area contributed by atoms with Gasteiger partial charge in [-0.15, -0.1) is 0 Å². The molecule has 3 rings (SSSR count). The highest BCUT2D eigenvalue weighted by atomic mass is 79.9. The Morgan fingerprint density at radius 1 is 0.926 bits per heavy atom. The van der Waals surface area contributed by atoms with E-state index in [1.54, 1.807) is 18.3 Å². The molecule has 0 amide bonds. The normalized spacial score (nSPS) is 11.1. The van der Waals surface area contributed by atoms with E-state index in [-0.39, 0.29) is 0 Å². The van der Waals surface area contributed by atoms with E-state index >= 15 is 0 Å². The molecule has 0 N–H and O–H groups in total.